The smallest absolute Gasteiger partial charge is 0.125 e. The third-order valence-electron chi connectivity index (χ3n) is 4.40. The molecule has 3 heterocycles. The first-order chi connectivity index (χ1) is 12.2. The maximum atomic E-state index is 5.21. The third kappa shape index (κ3) is 3.55. The minimum Gasteiger partial charge on any atom is -0.497 e. The molecule has 2 aromatic heterocycles. The van der Waals surface area contributed by atoms with Crippen LogP contribution in [0.4, 0.5) is 0 Å². The van der Waals surface area contributed by atoms with Gasteiger partial charge in [0.2, 0.25) is 0 Å². The number of ether oxygens (including phenoxy) is 1. The number of methoxy groups -OCH3 is 1. The number of benzene rings is 1. The van der Waals surface area contributed by atoms with Crippen molar-refractivity contribution in [1.82, 2.24) is 19.9 Å². The predicted octanol–water partition coefficient (Wildman–Crippen LogP) is 3.48. The predicted molar refractivity (Wildman–Crippen MR) is 98.7 cm³/mol. The molecule has 0 fully saturated rings. The molecule has 1 aliphatic rings. The van der Waals surface area contributed by atoms with Crippen molar-refractivity contribution in [2.45, 2.75) is 26.4 Å². The molecule has 6 heteroatoms. The SMILES string of the molecule is COc1ccc(-c2ncc(CN3CCc4nc(C)ncc4C3)s2)cc1. The van der Waals surface area contributed by atoms with Crippen LogP contribution in [0.15, 0.2) is 36.7 Å². The first kappa shape index (κ1) is 16.2. The molecular weight excluding hydrogens is 332 g/mol. The zero-order valence-electron chi connectivity index (χ0n) is 14.4. The van der Waals surface area contributed by atoms with Gasteiger partial charge in [-0.05, 0) is 31.2 Å². The number of rotatable bonds is 4. The highest BCUT2D eigenvalue weighted by atomic mass is 32.1. The lowest BCUT2D eigenvalue weighted by molar-refractivity contribution is 0.244. The van der Waals surface area contributed by atoms with Crippen molar-refractivity contribution in [2.75, 3.05) is 13.7 Å². The second kappa shape index (κ2) is 6.90. The number of aryl methyl sites for hydroxylation is 1. The maximum absolute atomic E-state index is 5.21. The van der Waals surface area contributed by atoms with Gasteiger partial charge in [0.1, 0.15) is 16.6 Å². The highest BCUT2D eigenvalue weighted by Crippen LogP contribution is 2.28. The van der Waals surface area contributed by atoms with Crippen molar-refractivity contribution in [2.24, 2.45) is 0 Å². The van der Waals surface area contributed by atoms with Crippen LogP contribution >= 0.6 is 11.3 Å². The fourth-order valence-electron chi connectivity index (χ4n) is 3.08. The Morgan fingerprint density at radius 3 is 2.80 bits per heavy atom. The standard InChI is InChI=1S/C19H20N4OS/c1-13-20-9-15-11-23(8-7-18(15)22-13)12-17-10-21-19(25-17)14-3-5-16(24-2)6-4-14/h3-6,9-10H,7-8,11-12H2,1-2H3. The van der Waals surface area contributed by atoms with Crippen LogP contribution in [0.25, 0.3) is 10.6 Å². The van der Waals surface area contributed by atoms with E-state index < -0.39 is 0 Å². The van der Waals surface area contributed by atoms with Crippen molar-refractivity contribution in [1.29, 1.82) is 0 Å². The van der Waals surface area contributed by atoms with E-state index in [1.807, 2.05) is 31.5 Å². The molecule has 0 saturated carbocycles. The molecule has 0 amide bonds. The van der Waals surface area contributed by atoms with E-state index >= 15 is 0 Å². The number of aromatic nitrogens is 3. The molecule has 0 saturated heterocycles. The zero-order valence-corrected chi connectivity index (χ0v) is 15.2. The van der Waals surface area contributed by atoms with Gasteiger partial charge in [-0.25, -0.2) is 15.0 Å². The lowest BCUT2D eigenvalue weighted by atomic mass is 10.1. The van der Waals surface area contributed by atoms with Gasteiger partial charge in [0.15, 0.2) is 0 Å². The van der Waals surface area contributed by atoms with E-state index in [4.69, 9.17) is 4.74 Å². The van der Waals surface area contributed by atoms with E-state index in [0.29, 0.717) is 0 Å². The minimum atomic E-state index is 0.860. The van der Waals surface area contributed by atoms with Crippen molar-refractivity contribution in [3.8, 4) is 16.3 Å². The van der Waals surface area contributed by atoms with Crippen molar-refractivity contribution >= 4 is 11.3 Å². The van der Waals surface area contributed by atoms with E-state index in [0.717, 1.165) is 48.2 Å². The Kier molecular flexibility index (Phi) is 4.46. The number of thiazole rings is 1. The average Bonchev–Trinajstić information content (AvgIpc) is 3.10. The van der Waals surface area contributed by atoms with Gasteiger partial charge < -0.3 is 4.74 Å². The quantitative estimate of drug-likeness (QED) is 0.719. The Morgan fingerprint density at radius 1 is 1.16 bits per heavy atom. The summed E-state index contributed by atoms with van der Waals surface area (Å²) in [5, 5.41) is 1.05. The summed E-state index contributed by atoms with van der Waals surface area (Å²) in [6, 6.07) is 8.05. The average molecular weight is 352 g/mol. The van der Waals surface area contributed by atoms with Crippen molar-refractivity contribution < 1.29 is 4.74 Å². The molecule has 3 aromatic rings. The summed E-state index contributed by atoms with van der Waals surface area (Å²) in [5.41, 5.74) is 3.58. The van der Waals surface area contributed by atoms with Gasteiger partial charge in [0.05, 0.1) is 7.11 Å². The Hall–Kier alpha value is -2.31. The largest absolute Gasteiger partial charge is 0.497 e. The highest BCUT2D eigenvalue weighted by molar-refractivity contribution is 7.15. The Morgan fingerprint density at radius 2 is 2.00 bits per heavy atom. The molecule has 1 aliphatic heterocycles. The monoisotopic (exact) mass is 352 g/mol. The Bertz CT molecular complexity index is 875. The van der Waals surface area contributed by atoms with Crippen LogP contribution in [0.5, 0.6) is 5.75 Å². The number of hydrogen-bond acceptors (Lipinski definition) is 6. The van der Waals surface area contributed by atoms with Crippen LogP contribution < -0.4 is 4.74 Å². The molecule has 0 unspecified atom stereocenters. The fourth-order valence-corrected chi connectivity index (χ4v) is 4.04. The van der Waals surface area contributed by atoms with Gasteiger partial charge in [0, 0.05) is 60.1 Å². The van der Waals surface area contributed by atoms with Gasteiger partial charge in [-0.2, -0.15) is 0 Å². The summed E-state index contributed by atoms with van der Waals surface area (Å²) in [7, 11) is 1.68. The molecule has 0 spiro atoms. The van der Waals surface area contributed by atoms with E-state index in [1.165, 1.54) is 16.1 Å². The third-order valence-corrected chi connectivity index (χ3v) is 5.43. The molecule has 128 valence electrons. The van der Waals surface area contributed by atoms with Gasteiger partial charge >= 0.3 is 0 Å². The van der Waals surface area contributed by atoms with E-state index in [1.54, 1.807) is 18.4 Å². The number of hydrogen-bond donors (Lipinski definition) is 0. The van der Waals surface area contributed by atoms with E-state index in [-0.39, 0.29) is 0 Å². The van der Waals surface area contributed by atoms with Gasteiger partial charge in [0.25, 0.3) is 0 Å². The normalized spacial score (nSPS) is 14.3. The van der Waals surface area contributed by atoms with E-state index in [9.17, 15) is 0 Å². The lowest BCUT2D eigenvalue weighted by Gasteiger charge is -2.27. The molecule has 4 rings (SSSR count). The Balaban J connectivity index is 1.45. The van der Waals surface area contributed by atoms with Crippen LogP contribution in [-0.4, -0.2) is 33.5 Å². The van der Waals surface area contributed by atoms with Crippen LogP contribution in [0.3, 0.4) is 0 Å². The summed E-state index contributed by atoms with van der Waals surface area (Å²) < 4.78 is 5.21. The summed E-state index contributed by atoms with van der Waals surface area (Å²) >= 11 is 1.75. The topological polar surface area (TPSA) is 51.1 Å². The van der Waals surface area contributed by atoms with Crippen LogP contribution in [0, 0.1) is 6.92 Å². The molecule has 0 radical (unpaired) electrons. The summed E-state index contributed by atoms with van der Waals surface area (Å²) in [5.74, 6) is 1.73. The summed E-state index contributed by atoms with van der Waals surface area (Å²) in [4.78, 5) is 17.2. The summed E-state index contributed by atoms with van der Waals surface area (Å²) in [6.07, 6.45) is 4.95. The number of fused-ring (bicyclic) bond motifs is 1. The first-order valence-corrected chi connectivity index (χ1v) is 9.16. The fraction of sp³-hybridized carbons (Fsp3) is 0.316. The number of nitrogens with zero attached hydrogens (tertiary/aromatic N) is 4. The molecular formula is C19H20N4OS. The second-order valence-corrected chi connectivity index (χ2v) is 7.33. The van der Waals surface area contributed by atoms with E-state index in [2.05, 4.69) is 32.0 Å². The van der Waals surface area contributed by atoms with Gasteiger partial charge in [-0.3, -0.25) is 4.90 Å². The zero-order chi connectivity index (χ0) is 17.2. The highest BCUT2D eigenvalue weighted by Gasteiger charge is 2.19. The van der Waals surface area contributed by atoms with Crippen LogP contribution in [0.1, 0.15) is 22.0 Å². The lowest BCUT2D eigenvalue weighted by Crippen LogP contribution is -2.30. The molecule has 25 heavy (non-hydrogen) atoms. The first-order valence-electron chi connectivity index (χ1n) is 8.34. The minimum absolute atomic E-state index is 0.860. The van der Waals surface area contributed by atoms with Gasteiger partial charge in [-0.1, -0.05) is 0 Å². The molecule has 0 N–H and O–H groups in total. The molecule has 0 bridgehead atoms. The molecule has 1 aromatic carbocycles. The maximum Gasteiger partial charge on any atom is 0.125 e. The molecule has 0 aliphatic carbocycles. The summed E-state index contributed by atoms with van der Waals surface area (Å²) in [6.45, 7) is 4.80. The van der Waals surface area contributed by atoms with Gasteiger partial charge in [-0.15, -0.1) is 11.3 Å². The molecule has 5 nitrogen and oxygen atoms in total. The molecule has 0 atom stereocenters. The van der Waals surface area contributed by atoms with Crippen molar-refractivity contribution in [3.05, 3.63) is 58.6 Å². The van der Waals surface area contributed by atoms with Crippen LogP contribution in [-0.2, 0) is 19.5 Å². The van der Waals surface area contributed by atoms with Crippen LogP contribution in [0.2, 0.25) is 0 Å². The van der Waals surface area contributed by atoms with Crippen molar-refractivity contribution in [3.63, 3.8) is 0 Å². The second-order valence-electron chi connectivity index (χ2n) is 6.21. The Labute approximate surface area is 151 Å².